The van der Waals surface area contributed by atoms with E-state index in [1.165, 1.54) is 0 Å². The van der Waals surface area contributed by atoms with Gasteiger partial charge in [-0.05, 0) is 18.4 Å². The molecule has 1 aromatic heterocycles. The van der Waals surface area contributed by atoms with Gasteiger partial charge in [0.15, 0.2) is 0 Å². The van der Waals surface area contributed by atoms with Gasteiger partial charge in [0.2, 0.25) is 11.8 Å². The number of hydrogen-bond acceptors (Lipinski definition) is 3. The summed E-state index contributed by atoms with van der Waals surface area (Å²) in [4.78, 5) is 26.5. The number of carbonyl (C=O) groups is 2. The summed E-state index contributed by atoms with van der Waals surface area (Å²) in [6, 6.07) is 3.83. The summed E-state index contributed by atoms with van der Waals surface area (Å²) in [5.74, 6) is -0.241. The van der Waals surface area contributed by atoms with E-state index in [1.807, 2.05) is 24.4 Å². The highest BCUT2D eigenvalue weighted by Crippen LogP contribution is 2.38. The fourth-order valence-corrected chi connectivity index (χ4v) is 3.19. The third-order valence-corrected chi connectivity index (χ3v) is 4.05. The van der Waals surface area contributed by atoms with Gasteiger partial charge < -0.3 is 10.2 Å². The molecule has 2 atom stereocenters. The summed E-state index contributed by atoms with van der Waals surface area (Å²) >= 11 is 1.59. The van der Waals surface area contributed by atoms with Crippen LogP contribution in [-0.2, 0) is 9.59 Å². The maximum Gasteiger partial charge on any atom is 0.226 e. The molecule has 5 heteroatoms. The molecule has 1 fully saturated rings. The van der Waals surface area contributed by atoms with Crippen LogP contribution in [0, 0.1) is 5.92 Å². The van der Waals surface area contributed by atoms with Gasteiger partial charge in [0.05, 0.1) is 12.0 Å². The minimum Gasteiger partial charge on any atom is -0.356 e. The number of carbonyl (C=O) groups excluding carboxylic acids is 2. The Balaban J connectivity index is 2.25. The van der Waals surface area contributed by atoms with E-state index in [9.17, 15) is 9.59 Å². The predicted molar refractivity (Wildman–Crippen MR) is 66.6 cm³/mol. The van der Waals surface area contributed by atoms with E-state index in [-0.39, 0.29) is 23.8 Å². The Morgan fingerprint density at radius 3 is 3.00 bits per heavy atom. The quantitative estimate of drug-likeness (QED) is 0.884. The molecule has 0 saturated carbocycles. The average Bonchev–Trinajstić information content (AvgIpc) is 2.89. The highest BCUT2D eigenvalue weighted by Gasteiger charge is 2.42. The zero-order chi connectivity index (χ0) is 12.4. The molecule has 1 aromatic rings. The Labute approximate surface area is 105 Å². The van der Waals surface area contributed by atoms with Crippen molar-refractivity contribution in [2.24, 2.45) is 5.92 Å². The van der Waals surface area contributed by atoms with Gasteiger partial charge in [0.1, 0.15) is 0 Å². The standard InChI is InChI=1S/C12H16N2O2S/c1-3-13-12(16)8-7-10(15)14(2)11(8)9-5-4-6-17-9/h4-6,8,11H,3,7H2,1-2H3,(H,13,16)/t8-,11-/m1/s1. The molecule has 2 rings (SSSR count). The molecule has 4 nitrogen and oxygen atoms in total. The number of rotatable bonds is 3. The van der Waals surface area contributed by atoms with E-state index in [0.717, 1.165) is 4.88 Å². The first-order valence-corrected chi connectivity index (χ1v) is 6.60. The molecule has 1 aliphatic heterocycles. The Morgan fingerprint density at radius 2 is 2.41 bits per heavy atom. The predicted octanol–water partition coefficient (Wildman–Crippen LogP) is 1.40. The summed E-state index contributed by atoms with van der Waals surface area (Å²) in [6.07, 6.45) is 0.310. The van der Waals surface area contributed by atoms with Crippen LogP contribution in [-0.4, -0.2) is 30.3 Å². The number of amides is 2. The largest absolute Gasteiger partial charge is 0.356 e. The van der Waals surface area contributed by atoms with E-state index in [2.05, 4.69) is 5.32 Å². The van der Waals surface area contributed by atoms with Gasteiger partial charge in [0.25, 0.3) is 0 Å². The maximum atomic E-state index is 12.0. The van der Waals surface area contributed by atoms with Crippen molar-refractivity contribution in [1.82, 2.24) is 10.2 Å². The monoisotopic (exact) mass is 252 g/mol. The Bertz CT molecular complexity index is 416. The molecule has 1 N–H and O–H groups in total. The Kier molecular flexibility index (Phi) is 3.47. The SMILES string of the molecule is CCNC(=O)[C@@H]1CC(=O)N(C)[C@H]1c1cccs1. The summed E-state index contributed by atoms with van der Waals surface area (Å²) in [5.41, 5.74) is 0. The van der Waals surface area contributed by atoms with E-state index >= 15 is 0 Å². The second kappa shape index (κ2) is 4.87. The van der Waals surface area contributed by atoms with Gasteiger partial charge in [-0.2, -0.15) is 0 Å². The van der Waals surface area contributed by atoms with Crippen molar-refractivity contribution in [1.29, 1.82) is 0 Å². The van der Waals surface area contributed by atoms with Crippen LogP contribution in [0.1, 0.15) is 24.3 Å². The lowest BCUT2D eigenvalue weighted by atomic mass is 9.98. The highest BCUT2D eigenvalue weighted by atomic mass is 32.1. The van der Waals surface area contributed by atoms with Gasteiger partial charge in [-0.25, -0.2) is 0 Å². The highest BCUT2D eigenvalue weighted by molar-refractivity contribution is 7.10. The second-order valence-electron chi connectivity index (χ2n) is 4.17. The zero-order valence-corrected chi connectivity index (χ0v) is 10.8. The molecule has 92 valence electrons. The topological polar surface area (TPSA) is 49.4 Å². The van der Waals surface area contributed by atoms with Crippen molar-refractivity contribution in [3.05, 3.63) is 22.4 Å². The van der Waals surface area contributed by atoms with Crippen molar-refractivity contribution < 1.29 is 9.59 Å². The van der Waals surface area contributed by atoms with Gasteiger partial charge >= 0.3 is 0 Å². The molecule has 0 spiro atoms. The minimum absolute atomic E-state index is 0.0244. The van der Waals surface area contributed by atoms with E-state index in [1.54, 1.807) is 23.3 Å². The smallest absolute Gasteiger partial charge is 0.226 e. The van der Waals surface area contributed by atoms with Crippen molar-refractivity contribution in [2.75, 3.05) is 13.6 Å². The molecule has 2 heterocycles. The Hall–Kier alpha value is -1.36. The third kappa shape index (κ3) is 2.20. The second-order valence-corrected chi connectivity index (χ2v) is 5.15. The maximum absolute atomic E-state index is 12.0. The van der Waals surface area contributed by atoms with E-state index in [4.69, 9.17) is 0 Å². The average molecular weight is 252 g/mol. The number of hydrogen-bond donors (Lipinski definition) is 1. The first-order chi connectivity index (χ1) is 8.15. The van der Waals surface area contributed by atoms with Crippen LogP contribution in [0.3, 0.4) is 0 Å². The normalized spacial score (nSPS) is 24.1. The van der Waals surface area contributed by atoms with Gasteiger partial charge in [0, 0.05) is 24.9 Å². The fourth-order valence-electron chi connectivity index (χ4n) is 2.26. The lowest BCUT2D eigenvalue weighted by Crippen LogP contribution is -2.34. The van der Waals surface area contributed by atoms with Crippen LogP contribution in [0.25, 0.3) is 0 Å². The van der Waals surface area contributed by atoms with Crippen LogP contribution in [0.5, 0.6) is 0 Å². The summed E-state index contributed by atoms with van der Waals surface area (Å²) in [5, 5.41) is 4.78. The summed E-state index contributed by atoms with van der Waals surface area (Å²) in [6.45, 7) is 2.49. The molecule has 17 heavy (non-hydrogen) atoms. The van der Waals surface area contributed by atoms with Crippen LogP contribution in [0.2, 0.25) is 0 Å². The lowest BCUT2D eigenvalue weighted by molar-refractivity contribution is -0.128. The van der Waals surface area contributed by atoms with E-state index in [0.29, 0.717) is 13.0 Å². The molecule has 0 aliphatic carbocycles. The van der Waals surface area contributed by atoms with Crippen molar-refractivity contribution in [3.63, 3.8) is 0 Å². The number of likely N-dealkylation sites (tertiary alicyclic amines) is 1. The van der Waals surface area contributed by atoms with Crippen molar-refractivity contribution >= 4 is 23.2 Å². The number of nitrogens with one attached hydrogen (secondary N) is 1. The van der Waals surface area contributed by atoms with Gasteiger partial charge in [-0.3, -0.25) is 9.59 Å². The van der Waals surface area contributed by atoms with Crippen LogP contribution < -0.4 is 5.32 Å². The molecule has 2 amide bonds. The first kappa shape index (κ1) is 12.1. The molecule has 0 aromatic carbocycles. The number of thiophene rings is 1. The molecule has 0 radical (unpaired) electrons. The van der Waals surface area contributed by atoms with Crippen LogP contribution in [0.4, 0.5) is 0 Å². The van der Waals surface area contributed by atoms with Gasteiger partial charge in [-0.15, -0.1) is 11.3 Å². The van der Waals surface area contributed by atoms with E-state index < -0.39 is 0 Å². The van der Waals surface area contributed by atoms with Gasteiger partial charge in [-0.1, -0.05) is 6.07 Å². The fraction of sp³-hybridized carbons (Fsp3) is 0.500. The van der Waals surface area contributed by atoms with Crippen LogP contribution in [0.15, 0.2) is 17.5 Å². The Morgan fingerprint density at radius 1 is 1.65 bits per heavy atom. The number of nitrogens with zero attached hydrogens (tertiary/aromatic N) is 1. The van der Waals surface area contributed by atoms with Crippen molar-refractivity contribution in [3.8, 4) is 0 Å². The molecule has 1 aliphatic rings. The van der Waals surface area contributed by atoms with Crippen molar-refractivity contribution in [2.45, 2.75) is 19.4 Å². The third-order valence-electron chi connectivity index (χ3n) is 3.11. The molecule has 0 unspecified atom stereocenters. The lowest BCUT2D eigenvalue weighted by Gasteiger charge is -2.23. The molecular weight excluding hydrogens is 236 g/mol. The molecule has 1 saturated heterocycles. The first-order valence-electron chi connectivity index (χ1n) is 5.72. The summed E-state index contributed by atoms with van der Waals surface area (Å²) < 4.78 is 0. The zero-order valence-electron chi connectivity index (χ0n) is 9.97. The molecule has 0 bridgehead atoms. The summed E-state index contributed by atoms with van der Waals surface area (Å²) in [7, 11) is 1.77. The molecular formula is C12H16N2O2S. The van der Waals surface area contributed by atoms with Crippen LogP contribution >= 0.6 is 11.3 Å². The minimum atomic E-state index is -0.258.